The fourth-order valence-electron chi connectivity index (χ4n) is 7.01. The lowest BCUT2D eigenvalue weighted by atomic mass is 9.83. The van der Waals surface area contributed by atoms with Gasteiger partial charge in [-0.25, -0.2) is 0 Å². The second-order valence-corrected chi connectivity index (χ2v) is 17.7. The van der Waals surface area contributed by atoms with Gasteiger partial charge in [-0.1, -0.05) is 52.0 Å². The summed E-state index contributed by atoms with van der Waals surface area (Å²) in [6.45, 7) is 9.41. The summed E-state index contributed by atoms with van der Waals surface area (Å²) in [4.78, 5) is 9.41. The number of nitrogens with zero attached hydrogens (tertiary/aromatic N) is 4. The second kappa shape index (κ2) is 8.78. The summed E-state index contributed by atoms with van der Waals surface area (Å²) in [5.41, 5.74) is 13.2. The fraction of sp³-hybridized carbons (Fsp3) is 0.176. The van der Waals surface area contributed by atoms with E-state index in [1.165, 1.54) is 96.5 Å². The van der Waals surface area contributed by atoms with Crippen LogP contribution in [0.5, 0.6) is 0 Å². The van der Waals surface area contributed by atoms with E-state index in [1.807, 2.05) is 51.4 Å². The van der Waals surface area contributed by atoms with Crippen molar-refractivity contribution in [3.05, 3.63) is 82.2 Å². The summed E-state index contributed by atoms with van der Waals surface area (Å²) in [5.74, 6) is 0. The highest BCUT2D eigenvalue weighted by Gasteiger charge is 2.41. The molecule has 2 aromatic carbocycles. The maximum absolute atomic E-state index is 4.87. The topological polar surface area (TPSA) is 51.6 Å². The first-order chi connectivity index (χ1) is 21.3. The zero-order valence-corrected chi connectivity index (χ0v) is 28.9. The van der Waals surface area contributed by atoms with Gasteiger partial charge in [0.2, 0.25) is 0 Å². The normalized spacial score (nSPS) is 15.6. The summed E-state index contributed by atoms with van der Waals surface area (Å²) in [7, 11) is 0. The zero-order chi connectivity index (χ0) is 29.5. The minimum absolute atomic E-state index is 0.0350. The predicted molar refractivity (Wildman–Crippen MR) is 191 cm³/mol. The summed E-state index contributed by atoms with van der Waals surface area (Å²) in [6.07, 6.45) is 0. The molecule has 0 aliphatic heterocycles. The van der Waals surface area contributed by atoms with Gasteiger partial charge in [-0.05, 0) is 58.0 Å². The number of hydrogen-bond acceptors (Lipinski definition) is 10. The van der Waals surface area contributed by atoms with Gasteiger partial charge in [0.25, 0.3) is 0 Å². The lowest BCUT2D eigenvalue weighted by molar-refractivity contribution is 0.663. The predicted octanol–water partition coefficient (Wildman–Crippen LogP) is 11.6. The summed E-state index contributed by atoms with van der Waals surface area (Å²) >= 11 is 10.1. The summed E-state index contributed by atoms with van der Waals surface area (Å²) < 4.78 is 18.8. The standard InChI is InChI=1S/C34H22N4S6/c1-33(2)18-10-11-39-29(18)30-19(33)12-24(40-30)16-8-9-17(28-27(16)37-44-38-28)25-14-21-32(42-25)31-20(34(21,3)4)13-23(41-31)15-6-5-7-22-26(15)36-43-35-22/h5-14H,1-4H3. The van der Waals surface area contributed by atoms with Crippen molar-refractivity contribution in [3.8, 4) is 50.8 Å². The lowest BCUT2D eigenvalue weighted by Crippen LogP contribution is -2.13. The van der Waals surface area contributed by atoms with Crippen LogP contribution in [0, 0.1) is 0 Å². The highest BCUT2D eigenvalue weighted by molar-refractivity contribution is 7.26. The third-order valence-corrected chi connectivity index (χ3v) is 15.3. The molecule has 0 radical (unpaired) electrons. The SMILES string of the molecule is CC1(C)c2ccsc2-c2sc(-c3ccc(-c4cc5c(s4)-c4sc(-c6cccc7nsnc67)cc4C5(C)C)c4nsnc34)cc21. The average Bonchev–Trinajstić information content (AvgIpc) is 3.86. The average molecular weight is 679 g/mol. The van der Waals surface area contributed by atoms with Crippen LogP contribution in [0.4, 0.5) is 0 Å². The van der Waals surface area contributed by atoms with Gasteiger partial charge in [-0.15, -0.1) is 45.3 Å². The van der Waals surface area contributed by atoms with Crippen LogP contribution in [0.3, 0.4) is 0 Å². The minimum Gasteiger partial charge on any atom is -0.173 e. The van der Waals surface area contributed by atoms with E-state index in [-0.39, 0.29) is 10.8 Å². The molecule has 0 spiro atoms. The molecule has 8 aromatic rings. The van der Waals surface area contributed by atoms with Gasteiger partial charge in [0, 0.05) is 61.7 Å². The van der Waals surface area contributed by atoms with Gasteiger partial charge in [0.05, 0.1) is 23.5 Å². The van der Waals surface area contributed by atoms with Crippen LogP contribution < -0.4 is 0 Å². The van der Waals surface area contributed by atoms with E-state index in [4.69, 9.17) is 8.75 Å². The monoisotopic (exact) mass is 678 g/mol. The molecule has 0 N–H and O–H groups in total. The number of benzene rings is 2. The number of thiophene rings is 4. The highest BCUT2D eigenvalue weighted by atomic mass is 32.1. The first-order valence-electron chi connectivity index (χ1n) is 14.3. The summed E-state index contributed by atoms with van der Waals surface area (Å²) in [5, 5.41) is 2.23. The van der Waals surface area contributed by atoms with Crippen LogP contribution >= 0.6 is 68.8 Å². The smallest absolute Gasteiger partial charge is 0.114 e. The quantitative estimate of drug-likeness (QED) is 0.187. The van der Waals surface area contributed by atoms with Crippen molar-refractivity contribution in [2.75, 3.05) is 0 Å². The summed E-state index contributed by atoms with van der Waals surface area (Å²) in [6, 6.07) is 20.3. The van der Waals surface area contributed by atoms with Crippen LogP contribution in [0.15, 0.2) is 60.0 Å². The number of rotatable bonds is 3. The Balaban J connectivity index is 1.08. The zero-order valence-electron chi connectivity index (χ0n) is 24.0. The minimum atomic E-state index is -0.0766. The van der Waals surface area contributed by atoms with E-state index < -0.39 is 0 Å². The largest absolute Gasteiger partial charge is 0.173 e. The van der Waals surface area contributed by atoms with E-state index in [1.54, 1.807) is 0 Å². The molecule has 214 valence electrons. The molecule has 2 aliphatic rings. The van der Waals surface area contributed by atoms with E-state index >= 15 is 0 Å². The molecule has 0 fully saturated rings. The van der Waals surface area contributed by atoms with Gasteiger partial charge in [0.1, 0.15) is 22.1 Å². The lowest BCUT2D eigenvalue weighted by Gasteiger charge is -2.19. The van der Waals surface area contributed by atoms with Crippen LogP contribution in [0.1, 0.15) is 49.9 Å². The molecule has 4 nitrogen and oxygen atoms in total. The number of aromatic nitrogens is 4. The Morgan fingerprint density at radius 1 is 0.500 bits per heavy atom. The Morgan fingerprint density at radius 2 is 1.00 bits per heavy atom. The van der Waals surface area contributed by atoms with Crippen molar-refractivity contribution in [2.45, 2.75) is 38.5 Å². The van der Waals surface area contributed by atoms with E-state index in [0.717, 1.165) is 22.1 Å². The molecule has 6 aromatic heterocycles. The van der Waals surface area contributed by atoms with Gasteiger partial charge in [-0.2, -0.15) is 17.5 Å². The van der Waals surface area contributed by atoms with Gasteiger partial charge < -0.3 is 0 Å². The maximum atomic E-state index is 4.87. The molecule has 0 saturated heterocycles. The first-order valence-corrected chi connectivity index (χ1v) is 19.1. The molecule has 0 saturated carbocycles. The van der Waals surface area contributed by atoms with Crippen molar-refractivity contribution in [3.63, 3.8) is 0 Å². The van der Waals surface area contributed by atoms with Gasteiger partial charge >= 0.3 is 0 Å². The van der Waals surface area contributed by atoms with Crippen molar-refractivity contribution >= 4 is 90.9 Å². The Morgan fingerprint density at radius 3 is 1.61 bits per heavy atom. The van der Waals surface area contributed by atoms with Gasteiger partial charge in [0.15, 0.2) is 0 Å². The van der Waals surface area contributed by atoms with Crippen molar-refractivity contribution in [1.29, 1.82) is 0 Å². The molecule has 6 heterocycles. The molecule has 0 unspecified atom stereocenters. The third kappa shape index (κ3) is 3.31. The van der Waals surface area contributed by atoms with Crippen LogP contribution in [0.2, 0.25) is 0 Å². The van der Waals surface area contributed by atoms with Crippen LogP contribution in [0.25, 0.3) is 72.9 Å². The highest BCUT2D eigenvalue weighted by Crippen LogP contribution is 2.59. The second-order valence-electron chi connectivity index (χ2n) is 12.5. The van der Waals surface area contributed by atoms with Crippen LogP contribution in [-0.2, 0) is 10.8 Å². The molecule has 2 aliphatic carbocycles. The third-order valence-electron chi connectivity index (χ3n) is 9.47. The van der Waals surface area contributed by atoms with Crippen molar-refractivity contribution in [2.24, 2.45) is 0 Å². The molecule has 0 bridgehead atoms. The fourth-order valence-corrected chi connectivity index (χ4v) is 13.6. The van der Waals surface area contributed by atoms with Crippen molar-refractivity contribution in [1.82, 2.24) is 17.5 Å². The number of hydrogen-bond donors (Lipinski definition) is 0. The number of fused-ring (bicyclic) bond motifs is 8. The molecule has 10 rings (SSSR count). The molecule has 44 heavy (non-hydrogen) atoms. The van der Waals surface area contributed by atoms with E-state index in [0.29, 0.717) is 0 Å². The maximum Gasteiger partial charge on any atom is 0.114 e. The molecule has 0 atom stereocenters. The van der Waals surface area contributed by atoms with E-state index in [9.17, 15) is 0 Å². The van der Waals surface area contributed by atoms with Crippen LogP contribution in [-0.4, -0.2) is 17.5 Å². The molecular formula is C34H22N4S6. The van der Waals surface area contributed by atoms with Gasteiger partial charge in [-0.3, -0.25) is 0 Å². The Labute approximate surface area is 278 Å². The Bertz CT molecular complexity index is 2470. The first kappa shape index (κ1) is 26.1. The molecule has 10 heteroatoms. The Kier molecular flexibility index (Phi) is 5.21. The molecular weight excluding hydrogens is 657 g/mol. The molecule has 0 amide bonds. The van der Waals surface area contributed by atoms with E-state index in [2.05, 4.69) is 90.4 Å². The van der Waals surface area contributed by atoms with Crippen molar-refractivity contribution < 1.29 is 0 Å². The Hall–Kier alpha value is -3.12.